The van der Waals surface area contributed by atoms with Gasteiger partial charge in [0.2, 0.25) is 0 Å². The second kappa shape index (κ2) is 4.42. The van der Waals surface area contributed by atoms with Crippen LogP contribution in [0.4, 0.5) is 5.69 Å². The summed E-state index contributed by atoms with van der Waals surface area (Å²) in [5.41, 5.74) is 2.75. The first-order valence-electron chi connectivity index (χ1n) is 7.13. The Morgan fingerprint density at radius 2 is 1.50 bits per heavy atom. The van der Waals surface area contributed by atoms with E-state index in [1.54, 1.807) is 21.0 Å². The first-order valence-corrected chi connectivity index (χ1v) is 7.13. The average Bonchev–Trinajstić information content (AvgIpc) is 2.81. The minimum Gasteiger partial charge on any atom is -0.281 e. The summed E-state index contributed by atoms with van der Waals surface area (Å²) in [5, 5.41) is 3.37. The fourth-order valence-corrected chi connectivity index (χ4v) is 3.28. The first kappa shape index (κ1) is 13.0. The lowest BCUT2D eigenvalue weighted by Crippen LogP contribution is -2.53. The number of hydrogen-bond acceptors (Lipinski definition) is 3. The Morgan fingerprint density at radius 3 is 2.23 bits per heavy atom. The molecule has 0 N–H and O–H groups in total. The third-order valence-electron chi connectivity index (χ3n) is 4.20. The van der Waals surface area contributed by atoms with Crippen LogP contribution in [0.2, 0.25) is 0 Å². The minimum absolute atomic E-state index is 0.0626. The Labute approximate surface area is 128 Å². The molecule has 110 valence electrons. The number of benzene rings is 2. The van der Waals surface area contributed by atoms with Crippen LogP contribution in [0, 0.1) is 0 Å². The number of anilines is 1. The maximum absolute atomic E-state index is 12.9. The average molecular weight is 293 g/mol. The molecule has 0 spiro atoms. The molecular weight excluding hydrogens is 278 g/mol. The zero-order chi connectivity index (χ0) is 15.4. The van der Waals surface area contributed by atoms with Gasteiger partial charge in [-0.3, -0.25) is 14.5 Å². The summed E-state index contributed by atoms with van der Waals surface area (Å²) in [6, 6.07) is 14.7. The van der Waals surface area contributed by atoms with Gasteiger partial charge in [-0.2, -0.15) is 0 Å². The van der Waals surface area contributed by atoms with Crippen molar-refractivity contribution in [3.05, 3.63) is 65.2 Å². The van der Waals surface area contributed by atoms with Crippen LogP contribution >= 0.6 is 0 Å². The highest BCUT2D eigenvalue weighted by atomic mass is 16.2. The Morgan fingerprint density at radius 1 is 0.864 bits per heavy atom. The molecule has 0 aliphatic carbocycles. The summed E-state index contributed by atoms with van der Waals surface area (Å²) < 4.78 is 0. The number of rotatable bonds is 1. The van der Waals surface area contributed by atoms with Crippen LogP contribution in [0.5, 0.6) is 0 Å². The molecule has 5 nitrogen and oxygen atoms in total. The Hall–Kier alpha value is -2.66. The lowest BCUT2D eigenvalue weighted by atomic mass is 10.0. The van der Waals surface area contributed by atoms with Gasteiger partial charge >= 0.3 is 0 Å². The van der Waals surface area contributed by atoms with Crippen LogP contribution in [0.1, 0.15) is 32.4 Å². The number of amides is 2. The minimum atomic E-state index is -0.416. The first-order chi connectivity index (χ1) is 10.6. The highest BCUT2D eigenvalue weighted by Crippen LogP contribution is 2.45. The maximum Gasteiger partial charge on any atom is 0.272 e. The quantitative estimate of drug-likeness (QED) is 0.810. The Bertz CT molecular complexity index is 800. The number of carbonyl (C=O) groups is 2. The highest BCUT2D eigenvalue weighted by Gasteiger charge is 2.48. The summed E-state index contributed by atoms with van der Waals surface area (Å²) in [4.78, 5) is 27.4. The molecule has 0 saturated heterocycles. The van der Waals surface area contributed by atoms with Crippen molar-refractivity contribution in [2.24, 2.45) is 0 Å². The van der Waals surface area contributed by atoms with Crippen molar-refractivity contribution in [2.75, 3.05) is 19.0 Å². The van der Waals surface area contributed by atoms with Crippen molar-refractivity contribution < 1.29 is 9.59 Å². The zero-order valence-electron chi connectivity index (χ0n) is 12.4. The third kappa shape index (κ3) is 1.51. The smallest absolute Gasteiger partial charge is 0.272 e. The second-order valence-electron chi connectivity index (χ2n) is 5.65. The molecule has 1 atom stereocenters. The van der Waals surface area contributed by atoms with Crippen LogP contribution in [-0.4, -0.2) is 35.9 Å². The van der Waals surface area contributed by atoms with E-state index in [2.05, 4.69) is 0 Å². The molecule has 0 fully saturated rings. The maximum atomic E-state index is 12.9. The second-order valence-corrected chi connectivity index (χ2v) is 5.65. The molecule has 0 bridgehead atoms. The van der Waals surface area contributed by atoms with Crippen molar-refractivity contribution in [1.29, 1.82) is 0 Å². The van der Waals surface area contributed by atoms with E-state index in [-0.39, 0.29) is 11.8 Å². The molecule has 2 aromatic rings. The monoisotopic (exact) mass is 293 g/mol. The van der Waals surface area contributed by atoms with Gasteiger partial charge < -0.3 is 0 Å². The molecule has 2 aliphatic rings. The number of nitrogens with zero attached hydrogens (tertiary/aromatic N) is 3. The predicted octanol–water partition coefficient (Wildman–Crippen LogP) is 2.28. The van der Waals surface area contributed by atoms with E-state index < -0.39 is 6.17 Å². The van der Waals surface area contributed by atoms with Crippen molar-refractivity contribution in [3.63, 3.8) is 0 Å². The fraction of sp³-hybridized carbons (Fsp3) is 0.176. The molecule has 2 heterocycles. The highest BCUT2D eigenvalue weighted by molar-refractivity contribution is 6.16. The van der Waals surface area contributed by atoms with E-state index in [0.717, 1.165) is 5.56 Å². The van der Waals surface area contributed by atoms with Gasteiger partial charge in [0.15, 0.2) is 6.17 Å². The van der Waals surface area contributed by atoms with E-state index >= 15 is 0 Å². The molecule has 0 radical (unpaired) electrons. The van der Waals surface area contributed by atoms with Crippen molar-refractivity contribution in [2.45, 2.75) is 6.17 Å². The lowest BCUT2D eigenvalue weighted by Gasteiger charge is -2.43. The Balaban J connectivity index is 2.01. The third-order valence-corrected chi connectivity index (χ3v) is 4.20. The molecule has 5 heteroatoms. The Kier molecular flexibility index (Phi) is 2.62. The number of carbonyl (C=O) groups excluding carboxylic acids is 2. The van der Waals surface area contributed by atoms with Gasteiger partial charge in [0.1, 0.15) is 0 Å². The number of hydrazine groups is 1. The van der Waals surface area contributed by atoms with Crippen LogP contribution in [0.3, 0.4) is 0 Å². The zero-order valence-corrected chi connectivity index (χ0v) is 12.4. The molecule has 2 aliphatic heterocycles. The van der Waals surface area contributed by atoms with Crippen LogP contribution in [-0.2, 0) is 0 Å². The van der Waals surface area contributed by atoms with Gasteiger partial charge in [-0.15, -0.1) is 0 Å². The number of hydrogen-bond donors (Lipinski definition) is 0. The van der Waals surface area contributed by atoms with E-state index in [1.165, 1.54) is 0 Å². The van der Waals surface area contributed by atoms with Gasteiger partial charge in [-0.25, -0.2) is 10.0 Å². The van der Waals surface area contributed by atoms with Gasteiger partial charge in [0, 0.05) is 25.2 Å². The molecular formula is C17H15N3O2. The van der Waals surface area contributed by atoms with Crippen LogP contribution in [0.15, 0.2) is 48.5 Å². The van der Waals surface area contributed by atoms with E-state index in [0.29, 0.717) is 16.8 Å². The van der Waals surface area contributed by atoms with Gasteiger partial charge in [-0.1, -0.05) is 30.3 Å². The van der Waals surface area contributed by atoms with Crippen molar-refractivity contribution in [1.82, 2.24) is 10.0 Å². The van der Waals surface area contributed by atoms with Crippen LogP contribution in [0.25, 0.3) is 0 Å². The van der Waals surface area contributed by atoms with E-state index in [9.17, 15) is 9.59 Å². The standard InChI is InChI=1S/C17H15N3O2/c1-18(2)20-15-11-7-3-4-8-12(11)16(21)19(15)14-10-6-5-9-13(14)17(20)22/h3-10,15H,1-2H3. The van der Waals surface area contributed by atoms with Crippen molar-refractivity contribution in [3.8, 4) is 0 Å². The number of para-hydroxylation sites is 1. The normalized spacial score (nSPS) is 19.3. The van der Waals surface area contributed by atoms with Crippen LogP contribution < -0.4 is 4.90 Å². The molecule has 0 aromatic heterocycles. The number of fused-ring (bicyclic) bond motifs is 5. The molecule has 4 rings (SSSR count). The topological polar surface area (TPSA) is 43.9 Å². The lowest BCUT2D eigenvalue weighted by molar-refractivity contribution is -0.00708. The van der Waals surface area contributed by atoms with Gasteiger partial charge in [0.25, 0.3) is 11.8 Å². The predicted molar refractivity (Wildman–Crippen MR) is 82.3 cm³/mol. The van der Waals surface area contributed by atoms with Gasteiger partial charge in [0.05, 0.1) is 11.3 Å². The largest absolute Gasteiger partial charge is 0.281 e. The molecule has 2 amide bonds. The summed E-state index contributed by atoms with van der Waals surface area (Å²) in [6.07, 6.45) is -0.416. The SMILES string of the molecule is CN(C)N1C(=O)c2ccccc2N2C(=O)c3ccccc3C21. The molecule has 0 saturated carbocycles. The van der Waals surface area contributed by atoms with Crippen molar-refractivity contribution >= 4 is 17.5 Å². The molecule has 22 heavy (non-hydrogen) atoms. The fourth-order valence-electron chi connectivity index (χ4n) is 3.28. The molecule has 2 aromatic carbocycles. The summed E-state index contributed by atoms with van der Waals surface area (Å²) in [7, 11) is 3.63. The van der Waals surface area contributed by atoms with E-state index in [1.807, 2.05) is 56.6 Å². The summed E-state index contributed by atoms with van der Waals surface area (Å²) >= 11 is 0. The summed E-state index contributed by atoms with van der Waals surface area (Å²) in [5.74, 6) is -0.154. The summed E-state index contributed by atoms with van der Waals surface area (Å²) in [6.45, 7) is 0. The molecule has 1 unspecified atom stereocenters. The van der Waals surface area contributed by atoms with Gasteiger partial charge in [-0.05, 0) is 18.2 Å². The van der Waals surface area contributed by atoms with E-state index in [4.69, 9.17) is 0 Å².